The van der Waals surface area contributed by atoms with Crippen molar-refractivity contribution in [2.24, 2.45) is 5.92 Å². The molecule has 1 aliphatic rings. The second-order valence-corrected chi connectivity index (χ2v) is 7.46. The van der Waals surface area contributed by atoms with Crippen LogP contribution in [0.3, 0.4) is 0 Å². The smallest absolute Gasteiger partial charge is 0.169 e. The fraction of sp³-hybridized carbons (Fsp3) is 0.364. The third-order valence-electron chi connectivity index (χ3n) is 5.06. The van der Waals surface area contributed by atoms with Crippen molar-refractivity contribution in [2.75, 3.05) is 13.1 Å². The van der Waals surface area contributed by atoms with Crippen LogP contribution < -0.4 is 5.32 Å². The van der Waals surface area contributed by atoms with Crippen LogP contribution in [0.25, 0.3) is 0 Å². The molecule has 2 aromatic carbocycles. The van der Waals surface area contributed by atoms with Crippen molar-refractivity contribution >= 4 is 23.1 Å². The molecule has 0 bridgehead atoms. The van der Waals surface area contributed by atoms with E-state index in [-0.39, 0.29) is 11.8 Å². The topological polar surface area (TPSA) is 32.3 Å². The van der Waals surface area contributed by atoms with E-state index in [1.165, 1.54) is 12.8 Å². The lowest BCUT2D eigenvalue weighted by Gasteiger charge is -2.34. The van der Waals surface area contributed by atoms with Crippen molar-refractivity contribution in [2.45, 2.75) is 32.2 Å². The van der Waals surface area contributed by atoms with Crippen molar-refractivity contribution in [3.05, 3.63) is 71.8 Å². The van der Waals surface area contributed by atoms with Crippen LogP contribution in [-0.2, 0) is 0 Å². The summed E-state index contributed by atoms with van der Waals surface area (Å²) >= 11 is 5.66. The number of Topliss-reactive ketones (excluding diaryl/α,β-unsaturated/α-hetero) is 1. The normalized spacial score (nSPS) is 16.1. The van der Waals surface area contributed by atoms with Gasteiger partial charge in [-0.2, -0.15) is 0 Å². The van der Waals surface area contributed by atoms with Crippen LogP contribution in [0.5, 0.6) is 0 Å². The SMILES string of the molecule is CC1CCN(C(=S)N[C@H](CC(=O)c2ccccc2)c2ccccc2)CC1. The second-order valence-electron chi connectivity index (χ2n) is 7.08. The van der Waals surface area contributed by atoms with Gasteiger partial charge in [0.2, 0.25) is 0 Å². The average Bonchev–Trinajstić information content (AvgIpc) is 2.69. The van der Waals surface area contributed by atoms with Gasteiger partial charge in [-0.3, -0.25) is 4.79 Å². The molecule has 3 rings (SSSR count). The van der Waals surface area contributed by atoms with Crippen molar-refractivity contribution < 1.29 is 4.79 Å². The lowest BCUT2D eigenvalue weighted by atomic mass is 9.97. The monoisotopic (exact) mass is 366 g/mol. The molecule has 1 heterocycles. The van der Waals surface area contributed by atoms with E-state index >= 15 is 0 Å². The number of hydrogen-bond acceptors (Lipinski definition) is 2. The molecular weight excluding hydrogens is 340 g/mol. The maximum atomic E-state index is 12.7. The highest BCUT2D eigenvalue weighted by atomic mass is 32.1. The van der Waals surface area contributed by atoms with Crippen molar-refractivity contribution in [1.29, 1.82) is 0 Å². The number of rotatable bonds is 5. The minimum Gasteiger partial charge on any atom is -0.355 e. The lowest BCUT2D eigenvalue weighted by Crippen LogP contribution is -2.45. The third kappa shape index (κ3) is 4.92. The highest BCUT2D eigenvalue weighted by Crippen LogP contribution is 2.21. The molecule has 4 heteroatoms. The Kier molecular flexibility index (Phi) is 6.40. The summed E-state index contributed by atoms with van der Waals surface area (Å²) in [7, 11) is 0. The molecule has 1 fully saturated rings. The van der Waals surface area contributed by atoms with E-state index in [1.54, 1.807) is 0 Å². The van der Waals surface area contributed by atoms with Crippen LogP contribution in [-0.4, -0.2) is 28.9 Å². The number of benzene rings is 2. The predicted molar refractivity (Wildman–Crippen MR) is 110 cm³/mol. The molecule has 2 aromatic rings. The van der Waals surface area contributed by atoms with Crippen LogP contribution in [0.2, 0.25) is 0 Å². The third-order valence-corrected chi connectivity index (χ3v) is 5.43. The summed E-state index contributed by atoms with van der Waals surface area (Å²) < 4.78 is 0. The number of ketones is 1. The standard InChI is InChI=1S/C22H26N2OS/c1-17-12-14-24(15-13-17)22(26)23-20(18-8-4-2-5-9-18)16-21(25)19-10-6-3-7-11-19/h2-11,17,20H,12-16H2,1H3,(H,23,26)/t20-/m1/s1. The average molecular weight is 367 g/mol. The Morgan fingerprint density at radius 3 is 2.27 bits per heavy atom. The number of hydrogen-bond donors (Lipinski definition) is 1. The maximum absolute atomic E-state index is 12.7. The first-order valence-corrected chi connectivity index (χ1v) is 9.73. The second kappa shape index (κ2) is 8.95. The van der Waals surface area contributed by atoms with Crippen molar-refractivity contribution in [1.82, 2.24) is 10.2 Å². The van der Waals surface area contributed by atoms with Crippen LogP contribution >= 0.6 is 12.2 Å². The number of carbonyl (C=O) groups excluding carboxylic acids is 1. The summed E-state index contributed by atoms with van der Waals surface area (Å²) in [6.07, 6.45) is 2.72. The van der Waals surface area contributed by atoms with Gasteiger partial charge in [-0.15, -0.1) is 0 Å². The molecule has 0 unspecified atom stereocenters. The molecule has 3 nitrogen and oxygen atoms in total. The summed E-state index contributed by atoms with van der Waals surface area (Å²) in [5.74, 6) is 0.889. The first kappa shape index (κ1) is 18.6. The van der Waals surface area contributed by atoms with Gasteiger partial charge in [0.1, 0.15) is 0 Å². The lowest BCUT2D eigenvalue weighted by molar-refractivity contribution is 0.0971. The summed E-state index contributed by atoms with van der Waals surface area (Å²) in [5, 5.41) is 4.21. The van der Waals surface area contributed by atoms with Crippen LogP contribution in [0, 0.1) is 5.92 Å². The van der Waals surface area contributed by atoms with Gasteiger partial charge in [-0.1, -0.05) is 67.6 Å². The Hall–Kier alpha value is -2.20. The maximum Gasteiger partial charge on any atom is 0.169 e. The van der Waals surface area contributed by atoms with Gasteiger partial charge in [0.05, 0.1) is 6.04 Å². The number of carbonyl (C=O) groups is 1. The molecule has 0 amide bonds. The van der Waals surface area contributed by atoms with E-state index in [1.807, 2.05) is 48.5 Å². The first-order valence-electron chi connectivity index (χ1n) is 9.32. The Labute approximate surface area is 161 Å². The molecule has 0 saturated carbocycles. The van der Waals surface area contributed by atoms with Crippen molar-refractivity contribution in [3.8, 4) is 0 Å². The molecule has 0 radical (unpaired) electrons. The molecule has 0 spiro atoms. The zero-order valence-corrected chi connectivity index (χ0v) is 16.0. The quantitative estimate of drug-likeness (QED) is 0.619. The highest BCUT2D eigenvalue weighted by molar-refractivity contribution is 7.80. The summed E-state index contributed by atoms with van der Waals surface area (Å²) in [6, 6.07) is 19.5. The zero-order chi connectivity index (χ0) is 18.4. The van der Waals surface area contributed by atoms with Crippen molar-refractivity contribution in [3.63, 3.8) is 0 Å². The summed E-state index contributed by atoms with van der Waals surface area (Å²) in [4.78, 5) is 15.0. The molecule has 1 saturated heterocycles. The molecule has 0 aliphatic carbocycles. The minimum absolute atomic E-state index is 0.115. The fourth-order valence-electron chi connectivity index (χ4n) is 3.32. The van der Waals surface area contributed by atoms with E-state index in [2.05, 4.69) is 29.3 Å². The van der Waals surface area contributed by atoms with E-state index < -0.39 is 0 Å². The number of nitrogens with zero attached hydrogens (tertiary/aromatic N) is 1. The zero-order valence-electron chi connectivity index (χ0n) is 15.2. The van der Waals surface area contributed by atoms with Gasteiger partial charge in [0, 0.05) is 25.1 Å². The number of nitrogens with one attached hydrogen (secondary N) is 1. The minimum atomic E-state index is -0.115. The summed E-state index contributed by atoms with van der Waals surface area (Å²) in [5.41, 5.74) is 1.83. The van der Waals surface area contributed by atoms with Crippen LogP contribution in [0.15, 0.2) is 60.7 Å². The van der Waals surface area contributed by atoms with Gasteiger partial charge in [-0.05, 0) is 36.5 Å². The Morgan fingerprint density at radius 2 is 1.65 bits per heavy atom. The predicted octanol–water partition coefficient (Wildman–Crippen LogP) is 4.61. The van der Waals surface area contributed by atoms with Crippen LogP contribution in [0.4, 0.5) is 0 Å². The highest BCUT2D eigenvalue weighted by Gasteiger charge is 2.22. The molecule has 26 heavy (non-hydrogen) atoms. The Bertz CT molecular complexity index is 724. The number of thiocarbonyl (C=S) groups is 1. The van der Waals surface area contributed by atoms with Gasteiger partial charge in [0.15, 0.2) is 10.9 Å². The van der Waals surface area contributed by atoms with Gasteiger partial charge in [0.25, 0.3) is 0 Å². The molecule has 1 atom stereocenters. The molecule has 1 N–H and O–H groups in total. The number of piperidine rings is 1. The van der Waals surface area contributed by atoms with Gasteiger partial charge < -0.3 is 10.2 Å². The molecule has 1 aliphatic heterocycles. The summed E-state index contributed by atoms with van der Waals surface area (Å²) in [6.45, 7) is 4.27. The molecular formula is C22H26N2OS. The van der Waals surface area contributed by atoms with E-state index in [0.29, 0.717) is 6.42 Å². The Morgan fingerprint density at radius 1 is 1.08 bits per heavy atom. The molecule has 136 valence electrons. The molecule has 0 aromatic heterocycles. The number of likely N-dealkylation sites (tertiary alicyclic amines) is 1. The van der Waals surface area contributed by atoms with Gasteiger partial charge in [-0.25, -0.2) is 0 Å². The van der Waals surface area contributed by atoms with Crippen LogP contribution in [0.1, 0.15) is 48.1 Å². The largest absolute Gasteiger partial charge is 0.355 e. The Balaban J connectivity index is 1.72. The van der Waals surface area contributed by atoms with E-state index in [4.69, 9.17) is 12.2 Å². The van der Waals surface area contributed by atoms with E-state index in [0.717, 1.165) is 35.2 Å². The fourth-order valence-corrected chi connectivity index (χ4v) is 3.64. The first-order chi connectivity index (χ1) is 12.6. The van der Waals surface area contributed by atoms with E-state index in [9.17, 15) is 4.79 Å². The van der Waals surface area contributed by atoms with Gasteiger partial charge >= 0.3 is 0 Å².